The van der Waals surface area contributed by atoms with E-state index in [1.165, 1.54) is 6.21 Å². The lowest BCUT2D eigenvalue weighted by Gasteiger charge is -2.27. The van der Waals surface area contributed by atoms with E-state index >= 15 is 0 Å². The molecule has 1 amide bonds. The lowest BCUT2D eigenvalue weighted by atomic mass is 9.85. The number of aromatic hydroxyl groups is 1. The predicted octanol–water partition coefficient (Wildman–Crippen LogP) is 4.15. The molecule has 0 bridgehead atoms. The fraction of sp³-hybridized carbons (Fsp3) is 0.0476. The Bertz CT molecular complexity index is 971. The number of rotatable bonds is 5. The van der Waals surface area contributed by atoms with Crippen LogP contribution >= 0.6 is 38.5 Å². The Morgan fingerprint density at radius 3 is 2.11 bits per heavy atom. The minimum absolute atomic E-state index is 0.0585. The molecule has 0 saturated heterocycles. The molecule has 0 radical (unpaired) electrons. The van der Waals surface area contributed by atoms with Crippen LogP contribution in [0.4, 0.5) is 0 Å². The lowest BCUT2D eigenvalue weighted by molar-refractivity contribution is -0.136. The smallest absolute Gasteiger partial charge is 0.281 e. The van der Waals surface area contributed by atoms with Crippen molar-refractivity contribution in [3.63, 3.8) is 0 Å². The Hall–Kier alpha value is -2.23. The van der Waals surface area contributed by atoms with Crippen LogP contribution in [0.5, 0.6) is 5.75 Å². The first-order valence-corrected chi connectivity index (χ1v) is 10.1. The number of amides is 1. The molecule has 5 nitrogen and oxygen atoms in total. The van der Waals surface area contributed by atoms with Crippen LogP contribution in [0.2, 0.25) is 0 Å². The molecular weight excluding hydrogens is 535 g/mol. The molecule has 3 aromatic carbocycles. The number of nitrogens with zero attached hydrogens (tertiary/aromatic N) is 1. The first kappa shape index (κ1) is 20.5. The zero-order valence-electron chi connectivity index (χ0n) is 14.5. The second-order valence-electron chi connectivity index (χ2n) is 5.97. The maximum Gasteiger partial charge on any atom is 0.281 e. The quantitative estimate of drug-likeness (QED) is 0.254. The number of halogens is 2. The number of hydrogen-bond donors (Lipinski definition) is 3. The number of hydrazone groups is 1. The van der Waals surface area contributed by atoms with Crippen molar-refractivity contribution >= 4 is 50.6 Å². The predicted molar refractivity (Wildman–Crippen MR) is 120 cm³/mol. The van der Waals surface area contributed by atoms with Crippen molar-refractivity contribution < 1.29 is 15.0 Å². The highest BCUT2D eigenvalue weighted by molar-refractivity contribution is 14.1. The normalized spacial score (nSPS) is 11.5. The summed E-state index contributed by atoms with van der Waals surface area (Å²) in [6, 6.07) is 20.8. The van der Waals surface area contributed by atoms with Gasteiger partial charge in [-0.15, -0.1) is 0 Å². The summed E-state index contributed by atoms with van der Waals surface area (Å²) in [6.45, 7) is 0. The van der Waals surface area contributed by atoms with Gasteiger partial charge in [-0.25, -0.2) is 5.43 Å². The van der Waals surface area contributed by atoms with Crippen molar-refractivity contribution in [3.8, 4) is 5.75 Å². The van der Waals surface area contributed by atoms with Crippen molar-refractivity contribution in [3.05, 3.63) is 97.5 Å². The molecule has 142 valence electrons. The summed E-state index contributed by atoms with van der Waals surface area (Å²) in [4.78, 5) is 12.9. The van der Waals surface area contributed by atoms with Gasteiger partial charge in [0.2, 0.25) is 0 Å². The number of carbonyl (C=O) groups is 1. The van der Waals surface area contributed by atoms with Crippen molar-refractivity contribution in [2.45, 2.75) is 5.60 Å². The molecule has 7 heteroatoms. The topological polar surface area (TPSA) is 81.9 Å². The fourth-order valence-electron chi connectivity index (χ4n) is 2.71. The number of phenolic OH excluding ortho intramolecular Hbond substituents is 1. The van der Waals surface area contributed by atoms with E-state index in [-0.39, 0.29) is 5.75 Å². The van der Waals surface area contributed by atoms with Gasteiger partial charge in [-0.05, 0) is 45.9 Å². The van der Waals surface area contributed by atoms with Crippen molar-refractivity contribution in [2.75, 3.05) is 0 Å². The minimum atomic E-state index is -1.91. The average molecular weight is 551 g/mol. The highest BCUT2D eigenvalue weighted by atomic mass is 127. The summed E-state index contributed by atoms with van der Waals surface area (Å²) in [6.07, 6.45) is 1.33. The van der Waals surface area contributed by atoms with Crippen LogP contribution in [0, 0.1) is 3.57 Å². The summed E-state index contributed by atoms with van der Waals surface area (Å²) in [7, 11) is 0. The molecule has 3 rings (SSSR count). The molecule has 0 fully saturated rings. The third kappa shape index (κ3) is 4.26. The first-order valence-electron chi connectivity index (χ1n) is 8.28. The van der Waals surface area contributed by atoms with Crippen LogP contribution in [0.25, 0.3) is 0 Å². The summed E-state index contributed by atoms with van der Waals surface area (Å²) in [5, 5.41) is 25.4. The number of phenols is 1. The summed E-state index contributed by atoms with van der Waals surface area (Å²) in [5.41, 5.74) is 1.76. The van der Waals surface area contributed by atoms with Crippen LogP contribution in [-0.4, -0.2) is 22.3 Å². The van der Waals surface area contributed by atoms with Crippen LogP contribution in [0.15, 0.2) is 82.4 Å². The van der Waals surface area contributed by atoms with Crippen molar-refractivity contribution in [2.24, 2.45) is 5.10 Å². The fourth-order valence-corrected chi connectivity index (χ4v) is 4.26. The Kier molecular flexibility index (Phi) is 6.48. The van der Waals surface area contributed by atoms with E-state index in [0.29, 0.717) is 20.3 Å². The Morgan fingerprint density at radius 2 is 1.57 bits per heavy atom. The number of hydrogen-bond acceptors (Lipinski definition) is 4. The van der Waals surface area contributed by atoms with Gasteiger partial charge in [0, 0.05) is 10.0 Å². The van der Waals surface area contributed by atoms with E-state index in [1.807, 2.05) is 34.7 Å². The second kappa shape index (κ2) is 8.85. The van der Waals surface area contributed by atoms with Crippen LogP contribution in [0.1, 0.15) is 16.7 Å². The zero-order chi connectivity index (χ0) is 20.1. The van der Waals surface area contributed by atoms with Gasteiger partial charge < -0.3 is 10.2 Å². The third-order valence-corrected chi connectivity index (χ3v) is 5.42. The van der Waals surface area contributed by atoms with Crippen molar-refractivity contribution in [1.82, 2.24) is 5.43 Å². The van der Waals surface area contributed by atoms with Gasteiger partial charge in [0.15, 0.2) is 5.60 Å². The van der Waals surface area contributed by atoms with Gasteiger partial charge in [0.25, 0.3) is 5.91 Å². The molecular formula is C21H16BrIN2O3. The highest BCUT2D eigenvalue weighted by Gasteiger charge is 2.39. The highest BCUT2D eigenvalue weighted by Crippen LogP contribution is 2.30. The monoisotopic (exact) mass is 550 g/mol. The summed E-state index contributed by atoms with van der Waals surface area (Å²) < 4.78 is 1.41. The molecule has 3 aromatic rings. The molecule has 0 saturated carbocycles. The van der Waals surface area contributed by atoms with Gasteiger partial charge in [0.1, 0.15) is 5.75 Å². The molecule has 28 heavy (non-hydrogen) atoms. The lowest BCUT2D eigenvalue weighted by Crippen LogP contribution is -2.43. The summed E-state index contributed by atoms with van der Waals surface area (Å²) >= 11 is 5.36. The average Bonchev–Trinajstić information content (AvgIpc) is 2.72. The largest absolute Gasteiger partial charge is 0.506 e. The van der Waals surface area contributed by atoms with E-state index in [9.17, 15) is 15.0 Å². The number of carbonyl (C=O) groups excluding carboxylic acids is 1. The Balaban J connectivity index is 1.91. The molecule has 0 aliphatic heterocycles. The number of aliphatic hydroxyl groups is 1. The van der Waals surface area contributed by atoms with Gasteiger partial charge in [-0.1, -0.05) is 76.6 Å². The van der Waals surface area contributed by atoms with Gasteiger partial charge in [0.05, 0.1) is 9.78 Å². The standard InChI is InChI=1S/C21H16BrIN2O3/c22-17-11-14(19(26)18(23)12-17)13-24-25-20(27)21(28,15-7-3-1-4-8-15)16-9-5-2-6-10-16/h1-13,26,28H,(H,25,27)/b24-13+. The number of benzene rings is 3. The van der Waals surface area contributed by atoms with E-state index in [1.54, 1.807) is 60.7 Å². The molecule has 0 heterocycles. The maximum absolute atomic E-state index is 12.9. The number of nitrogens with one attached hydrogen (secondary N) is 1. The van der Waals surface area contributed by atoms with Gasteiger partial charge in [-0.2, -0.15) is 5.10 Å². The zero-order valence-corrected chi connectivity index (χ0v) is 18.3. The van der Waals surface area contributed by atoms with E-state index in [0.717, 1.165) is 4.47 Å². The van der Waals surface area contributed by atoms with Crippen LogP contribution in [-0.2, 0) is 10.4 Å². The van der Waals surface area contributed by atoms with Crippen LogP contribution < -0.4 is 5.43 Å². The maximum atomic E-state index is 12.9. The Morgan fingerprint density at radius 1 is 1.04 bits per heavy atom. The van der Waals surface area contributed by atoms with E-state index < -0.39 is 11.5 Å². The first-order chi connectivity index (χ1) is 13.4. The molecule has 3 N–H and O–H groups in total. The molecule has 0 aliphatic rings. The molecule has 0 aromatic heterocycles. The van der Waals surface area contributed by atoms with Gasteiger partial charge >= 0.3 is 0 Å². The molecule has 0 aliphatic carbocycles. The molecule has 0 unspecified atom stereocenters. The minimum Gasteiger partial charge on any atom is -0.506 e. The van der Waals surface area contributed by atoms with Crippen molar-refractivity contribution in [1.29, 1.82) is 0 Å². The van der Waals surface area contributed by atoms with E-state index in [4.69, 9.17) is 0 Å². The SMILES string of the molecule is O=C(N/N=C/c1cc(Br)cc(I)c1O)C(O)(c1ccccc1)c1ccccc1. The van der Waals surface area contributed by atoms with Crippen LogP contribution in [0.3, 0.4) is 0 Å². The summed E-state index contributed by atoms with van der Waals surface area (Å²) in [5.74, 6) is -0.645. The van der Waals surface area contributed by atoms with Gasteiger partial charge in [-0.3, -0.25) is 4.79 Å². The molecule has 0 atom stereocenters. The molecule has 0 spiro atoms. The third-order valence-electron chi connectivity index (χ3n) is 4.14. The Labute approximate surface area is 184 Å². The second-order valence-corrected chi connectivity index (χ2v) is 8.04. The van der Waals surface area contributed by atoms with E-state index in [2.05, 4.69) is 26.5 Å².